The number of amides is 1. The van der Waals surface area contributed by atoms with Gasteiger partial charge in [-0.25, -0.2) is 13.2 Å². The van der Waals surface area contributed by atoms with Crippen LogP contribution in [0.3, 0.4) is 0 Å². The van der Waals surface area contributed by atoms with Crippen molar-refractivity contribution in [3.8, 4) is 0 Å². The van der Waals surface area contributed by atoms with Crippen molar-refractivity contribution in [2.45, 2.75) is 50.8 Å². The lowest BCUT2D eigenvalue weighted by atomic mass is 10.1. The molecule has 31 heavy (non-hydrogen) atoms. The smallest absolute Gasteiger partial charge is 0.340 e. The second-order valence-electron chi connectivity index (χ2n) is 7.98. The number of benzene rings is 1. The standard InChI is InChI=1S/C22H33N3O5S/c1-3-25(4-2)31(28,29)18-10-11-20(23-12-8-9-13-23)19(16-18)22(27)30-17-21(26)24-14-6-5-7-15-24/h10-11,16H,3-9,12-15,17H2,1-2H3. The zero-order chi connectivity index (χ0) is 22.4. The monoisotopic (exact) mass is 451 g/mol. The Morgan fingerprint density at radius 3 is 2.19 bits per heavy atom. The lowest BCUT2D eigenvalue weighted by molar-refractivity contribution is -0.135. The van der Waals surface area contributed by atoms with Gasteiger partial charge in [0.15, 0.2) is 6.61 Å². The summed E-state index contributed by atoms with van der Waals surface area (Å²) in [5.74, 6) is -0.869. The molecule has 0 saturated carbocycles. The summed E-state index contributed by atoms with van der Waals surface area (Å²) in [5.41, 5.74) is 0.855. The van der Waals surface area contributed by atoms with Crippen LogP contribution in [0.2, 0.25) is 0 Å². The molecule has 1 aromatic carbocycles. The van der Waals surface area contributed by atoms with Crippen molar-refractivity contribution < 1.29 is 22.7 Å². The topological polar surface area (TPSA) is 87.2 Å². The van der Waals surface area contributed by atoms with Crippen LogP contribution in [0, 0.1) is 0 Å². The highest BCUT2D eigenvalue weighted by Crippen LogP contribution is 2.29. The molecule has 0 N–H and O–H groups in total. The normalized spacial score (nSPS) is 17.3. The number of likely N-dealkylation sites (tertiary alicyclic amines) is 1. The van der Waals surface area contributed by atoms with Crippen molar-refractivity contribution >= 4 is 27.6 Å². The van der Waals surface area contributed by atoms with E-state index in [0.717, 1.165) is 45.2 Å². The number of ether oxygens (including phenoxy) is 1. The van der Waals surface area contributed by atoms with Gasteiger partial charge in [-0.05, 0) is 50.3 Å². The SMILES string of the molecule is CCN(CC)S(=O)(=O)c1ccc(N2CCCC2)c(C(=O)OCC(=O)N2CCCCC2)c1. The highest BCUT2D eigenvalue weighted by atomic mass is 32.2. The minimum atomic E-state index is -3.71. The van der Waals surface area contributed by atoms with Crippen molar-refractivity contribution in [1.29, 1.82) is 0 Å². The van der Waals surface area contributed by atoms with Gasteiger partial charge in [0.2, 0.25) is 10.0 Å². The number of carbonyl (C=O) groups excluding carboxylic acids is 2. The molecule has 0 bridgehead atoms. The lowest BCUT2D eigenvalue weighted by Crippen LogP contribution is -2.38. The number of hydrogen-bond donors (Lipinski definition) is 0. The third-order valence-corrected chi connectivity index (χ3v) is 8.06. The molecule has 0 aliphatic carbocycles. The second kappa shape index (κ2) is 10.5. The second-order valence-corrected chi connectivity index (χ2v) is 9.92. The molecule has 3 rings (SSSR count). The van der Waals surface area contributed by atoms with Gasteiger partial charge in [0.05, 0.1) is 16.1 Å². The van der Waals surface area contributed by atoms with Gasteiger partial charge >= 0.3 is 5.97 Å². The first kappa shape index (κ1) is 23.5. The Labute approximate surface area is 185 Å². The van der Waals surface area contributed by atoms with Crippen molar-refractivity contribution in [2.75, 3.05) is 50.8 Å². The highest BCUT2D eigenvalue weighted by molar-refractivity contribution is 7.89. The van der Waals surface area contributed by atoms with E-state index < -0.39 is 16.0 Å². The fourth-order valence-corrected chi connectivity index (χ4v) is 5.71. The van der Waals surface area contributed by atoms with Crippen LogP contribution < -0.4 is 4.90 Å². The summed E-state index contributed by atoms with van der Waals surface area (Å²) in [7, 11) is -3.71. The zero-order valence-electron chi connectivity index (χ0n) is 18.5. The van der Waals surface area contributed by atoms with E-state index in [1.807, 2.05) is 0 Å². The number of sulfonamides is 1. The molecule has 8 nitrogen and oxygen atoms in total. The van der Waals surface area contributed by atoms with Gasteiger partial charge in [-0.2, -0.15) is 4.31 Å². The molecule has 1 amide bonds. The third kappa shape index (κ3) is 5.38. The van der Waals surface area contributed by atoms with Crippen LogP contribution >= 0.6 is 0 Å². The van der Waals surface area contributed by atoms with E-state index in [1.54, 1.807) is 30.9 Å². The van der Waals surface area contributed by atoms with Crippen molar-refractivity contribution in [1.82, 2.24) is 9.21 Å². The first-order valence-electron chi connectivity index (χ1n) is 11.2. The Balaban J connectivity index is 1.84. The molecule has 2 aliphatic rings. The maximum absolute atomic E-state index is 13.0. The summed E-state index contributed by atoms with van der Waals surface area (Å²) >= 11 is 0. The summed E-state index contributed by atoms with van der Waals surface area (Å²) in [5, 5.41) is 0. The fraction of sp³-hybridized carbons (Fsp3) is 0.636. The molecule has 2 saturated heterocycles. The summed E-state index contributed by atoms with van der Waals surface area (Å²) in [6, 6.07) is 4.64. The predicted octanol–water partition coefficient (Wildman–Crippen LogP) is 2.49. The van der Waals surface area contributed by atoms with Crippen LogP contribution in [0.1, 0.15) is 56.3 Å². The molecular weight excluding hydrogens is 418 g/mol. The molecule has 1 aromatic rings. The Hall–Kier alpha value is -2.13. The van der Waals surface area contributed by atoms with Gasteiger partial charge in [0.1, 0.15) is 0 Å². The Bertz CT molecular complexity index is 886. The van der Waals surface area contributed by atoms with Crippen LogP contribution in [0.25, 0.3) is 0 Å². The summed E-state index contributed by atoms with van der Waals surface area (Å²) in [4.78, 5) is 29.2. The Morgan fingerprint density at radius 1 is 0.968 bits per heavy atom. The van der Waals surface area contributed by atoms with Crippen LogP contribution in [0.5, 0.6) is 0 Å². The highest BCUT2D eigenvalue weighted by Gasteiger charge is 2.27. The van der Waals surface area contributed by atoms with Gasteiger partial charge in [-0.15, -0.1) is 0 Å². The Kier molecular flexibility index (Phi) is 7.94. The largest absolute Gasteiger partial charge is 0.452 e. The van der Waals surface area contributed by atoms with E-state index in [1.165, 1.54) is 10.4 Å². The van der Waals surface area contributed by atoms with Crippen LogP contribution in [-0.2, 0) is 19.6 Å². The zero-order valence-corrected chi connectivity index (χ0v) is 19.3. The third-order valence-electron chi connectivity index (χ3n) is 6.01. The van der Waals surface area contributed by atoms with E-state index in [4.69, 9.17) is 4.74 Å². The van der Waals surface area contributed by atoms with E-state index in [0.29, 0.717) is 31.9 Å². The van der Waals surface area contributed by atoms with Crippen LogP contribution in [0.4, 0.5) is 5.69 Å². The average Bonchev–Trinajstić information content (AvgIpc) is 3.33. The quantitative estimate of drug-likeness (QED) is 0.565. The molecule has 0 atom stereocenters. The van der Waals surface area contributed by atoms with E-state index >= 15 is 0 Å². The van der Waals surface area contributed by atoms with Gasteiger partial charge in [-0.3, -0.25) is 4.79 Å². The number of rotatable bonds is 8. The van der Waals surface area contributed by atoms with E-state index in [9.17, 15) is 18.0 Å². The van der Waals surface area contributed by atoms with Crippen molar-refractivity contribution in [3.63, 3.8) is 0 Å². The molecule has 0 aromatic heterocycles. The summed E-state index contributed by atoms with van der Waals surface area (Å²) in [6.07, 6.45) is 5.06. The number of nitrogens with zero attached hydrogens (tertiary/aromatic N) is 3. The minimum Gasteiger partial charge on any atom is -0.452 e. The number of anilines is 1. The Morgan fingerprint density at radius 2 is 1.58 bits per heavy atom. The van der Waals surface area contributed by atoms with Gasteiger partial charge in [0.25, 0.3) is 5.91 Å². The lowest BCUT2D eigenvalue weighted by Gasteiger charge is -2.26. The molecule has 2 fully saturated rings. The number of hydrogen-bond acceptors (Lipinski definition) is 6. The summed E-state index contributed by atoms with van der Waals surface area (Å²) in [6.45, 7) is 6.89. The molecule has 2 aliphatic heterocycles. The first-order chi connectivity index (χ1) is 14.9. The van der Waals surface area contributed by atoms with Gasteiger partial charge < -0.3 is 14.5 Å². The van der Waals surface area contributed by atoms with E-state index in [-0.39, 0.29) is 23.0 Å². The maximum atomic E-state index is 13.0. The maximum Gasteiger partial charge on any atom is 0.340 e. The molecule has 172 valence electrons. The van der Waals surface area contributed by atoms with Crippen molar-refractivity contribution in [3.05, 3.63) is 23.8 Å². The summed E-state index contributed by atoms with van der Waals surface area (Å²) < 4.78 is 32.7. The minimum absolute atomic E-state index is 0.0634. The molecule has 2 heterocycles. The molecule has 0 spiro atoms. The fourth-order valence-electron chi connectivity index (χ4n) is 4.23. The van der Waals surface area contributed by atoms with Crippen molar-refractivity contribution in [2.24, 2.45) is 0 Å². The molecule has 0 unspecified atom stereocenters. The van der Waals surface area contributed by atoms with E-state index in [2.05, 4.69) is 4.90 Å². The average molecular weight is 452 g/mol. The van der Waals surface area contributed by atoms with Crippen LogP contribution in [0.15, 0.2) is 23.1 Å². The predicted molar refractivity (Wildman–Crippen MR) is 119 cm³/mol. The number of esters is 1. The number of carbonyl (C=O) groups is 2. The molecular formula is C22H33N3O5S. The van der Waals surface area contributed by atoms with Gasteiger partial charge in [0, 0.05) is 39.3 Å². The van der Waals surface area contributed by atoms with Gasteiger partial charge in [-0.1, -0.05) is 13.8 Å². The molecule has 9 heteroatoms. The molecule has 0 radical (unpaired) electrons. The van der Waals surface area contributed by atoms with Crippen LogP contribution in [-0.4, -0.2) is 75.4 Å². The first-order valence-corrected chi connectivity index (χ1v) is 12.7. The number of piperidine rings is 1.